The summed E-state index contributed by atoms with van der Waals surface area (Å²) >= 11 is 0. The molecule has 0 spiro atoms. The Hall–Kier alpha value is -4.13. The SMILES string of the molecule is O=C(N/N=C/c1ccc(F)c(F)c1)c1cn(-c2ccccc2)nc1-c1ccccc1. The Morgan fingerprint density at radius 3 is 2.33 bits per heavy atom. The quantitative estimate of drug-likeness (QED) is 0.392. The molecular weight excluding hydrogens is 386 g/mol. The van der Waals surface area contributed by atoms with Crippen LogP contribution in [-0.2, 0) is 0 Å². The van der Waals surface area contributed by atoms with Crippen molar-refractivity contribution >= 4 is 12.1 Å². The maximum absolute atomic E-state index is 13.3. The predicted molar refractivity (Wildman–Crippen MR) is 110 cm³/mol. The van der Waals surface area contributed by atoms with E-state index < -0.39 is 17.5 Å². The van der Waals surface area contributed by atoms with Gasteiger partial charge in [-0.15, -0.1) is 0 Å². The van der Waals surface area contributed by atoms with Gasteiger partial charge in [-0.3, -0.25) is 4.79 Å². The zero-order chi connectivity index (χ0) is 20.9. The fourth-order valence-corrected chi connectivity index (χ4v) is 2.88. The molecule has 0 atom stereocenters. The number of amides is 1. The molecule has 4 aromatic rings. The lowest BCUT2D eigenvalue weighted by Crippen LogP contribution is -2.18. The molecule has 30 heavy (non-hydrogen) atoms. The highest BCUT2D eigenvalue weighted by atomic mass is 19.2. The molecule has 1 amide bonds. The number of halogens is 2. The van der Waals surface area contributed by atoms with Gasteiger partial charge in [-0.2, -0.15) is 10.2 Å². The minimum Gasteiger partial charge on any atom is -0.267 e. The summed E-state index contributed by atoms with van der Waals surface area (Å²) < 4.78 is 27.9. The molecule has 4 rings (SSSR count). The number of aromatic nitrogens is 2. The Kier molecular flexibility index (Phi) is 5.43. The van der Waals surface area contributed by atoms with Gasteiger partial charge < -0.3 is 0 Å². The summed E-state index contributed by atoms with van der Waals surface area (Å²) in [6, 6.07) is 22.1. The lowest BCUT2D eigenvalue weighted by Gasteiger charge is -2.01. The first kappa shape index (κ1) is 19.2. The molecule has 1 aromatic heterocycles. The molecule has 3 aromatic carbocycles. The van der Waals surface area contributed by atoms with Crippen molar-refractivity contribution in [2.45, 2.75) is 0 Å². The van der Waals surface area contributed by atoms with E-state index in [1.165, 1.54) is 12.3 Å². The van der Waals surface area contributed by atoms with Crippen LogP contribution in [0.4, 0.5) is 8.78 Å². The van der Waals surface area contributed by atoms with E-state index in [1.807, 2.05) is 60.7 Å². The molecule has 0 bridgehead atoms. The number of hydrogen-bond donors (Lipinski definition) is 1. The van der Waals surface area contributed by atoms with Crippen LogP contribution in [0.5, 0.6) is 0 Å². The van der Waals surface area contributed by atoms with Gasteiger partial charge in [-0.25, -0.2) is 18.9 Å². The van der Waals surface area contributed by atoms with Crippen molar-refractivity contribution in [3.05, 3.63) is 108 Å². The van der Waals surface area contributed by atoms with Crippen LogP contribution in [0.3, 0.4) is 0 Å². The van der Waals surface area contributed by atoms with Crippen LogP contribution in [0.2, 0.25) is 0 Å². The maximum atomic E-state index is 13.3. The Bertz CT molecular complexity index is 1200. The van der Waals surface area contributed by atoms with E-state index in [4.69, 9.17) is 0 Å². The van der Waals surface area contributed by atoms with Crippen LogP contribution in [0.1, 0.15) is 15.9 Å². The third kappa shape index (κ3) is 4.15. The number of nitrogens with zero attached hydrogens (tertiary/aromatic N) is 3. The van der Waals surface area contributed by atoms with E-state index in [2.05, 4.69) is 15.6 Å². The van der Waals surface area contributed by atoms with E-state index in [9.17, 15) is 13.6 Å². The standard InChI is InChI=1S/C23H16F2N4O/c24-20-12-11-16(13-21(20)25)14-26-27-23(30)19-15-29(18-9-5-2-6-10-18)28-22(19)17-7-3-1-4-8-17/h1-15H,(H,27,30)/b26-14+. The number of hydrazone groups is 1. The van der Waals surface area contributed by atoms with Gasteiger partial charge >= 0.3 is 0 Å². The summed E-state index contributed by atoms with van der Waals surface area (Å²) in [5.41, 5.74) is 5.15. The van der Waals surface area contributed by atoms with Gasteiger partial charge in [0.05, 0.1) is 17.5 Å². The summed E-state index contributed by atoms with van der Waals surface area (Å²) in [6.45, 7) is 0. The molecule has 0 unspecified atom stereocenters. The van der Waals surface area contributed by atoms with Crippen molar-refractivity contribution in [2.24, 2.45) is 5.10 Å². The molecule has 0 fully saturated rings. The molecule has 0 aliphatic carbocycles. The number of hydrogen-bond acceptors (Lipinski definition) is 3. The third-order valence-corrected chi connectivity index (χ3v) is 4.35. The molecule has 0 saturated heterocycles. The van der Waals surface area contributed by atoms with Crippen LogP contribution >= 0.6 is 0 Å². The van der Waals surface area contributed by atoms with Gasteiger partial charge in [0.2, 0.25) is 0 Å². The van der Waals surface area contributed by atoms with E-state index >= 15 is 0 Å². The van der Waals surface area contributed by atoms with Crippen LogP contribution < -0.4 is 5.43 Å². The van der Waals surface area contributed by atoms with Crippen molar-refractivity contribution < 1.29 is 13.6 Å². The third-order valence-electron chi connectivity index (χ3n) is 4.35. The number of rotatable bonds is 5. The molecule has 1 heterocycles. The highest BCUT2D eigenvalue weighted by molar-refractivity contribution is 6.00. The molecule has 0 aliphatic rings. The molecular formula is C23H16F2N4O. The van der Waals surface area contributed by atoms with E-state index in [0.717, 1.165) is 23.4 Å². The number of nitrogens with one attached hydrogen (secondary N) is 1. The van der Waals surface area contributed by atoms with Crippen molar-refractivity contribution in [1.82, 2.24) is 15.2 Å². The van der Waals surface area contributed by atoms with Gasteiger partial charge in [-0.1, -0.05) is 54.6 Å². The minimum absolute atomic E-state index is 0.317. The van der Waals surface area contributed by atoms with Crippen molar-refractivity contribution in [1.29, 1.82) is 0 Å². The summed E-state index contributed by atoms with van der Waals surface area (Å²) in [5, 5.41) is 8.43. The van der Waals surface area contributed by atoms with Crippen molar-refractivity contribution in [3.8, 4) is 16.9 Å². The van der Waals surface area contributed by atoms with Crippen LogP contribution in [-0.4, -0.2) is 21.9 Å². The highest BCUT2D eigenvalue weighted by Crippen LogP contribution is 2.23. The Balaban J connectivity index is 1.63. The van der Waals surface area contributed by atoms with Crippen molar-refractivity contribution in [2.75, 3.05) is 0 Å². The fraction of sp³-hybridized carbons (Fsp3) is 0. The molecule has 0 radical (unpaired) electrons. The zero-order valence-electron chi connectivity index (χ0n) is 15.7. The number of carbonyl (C=O) groups is 1. The van der Waals surface area contributed by atoms with Crippen LogP contribution in [0, 0.1) is 11.6 Å². The largest absolute Gasteiger partial charge is 0.275 e. The molecule has 5 nitrogen and oxygen atoms in total. The highest BCUT2D eigenvalue weighted by Gasteiger charge is 2.18. The van der Waals surface area contributed by atoms with Gasteiger partial charge in [0.15, 0.2) is 11.6 Å². The molecule has 1 N–H and O–H groups in total. The minimum atomic E-state index is -0.985. The van der Waals surface area contributed by atoms with Crippen molar-refractivity contribution in [3.63, 3.8) is 0 Å². The summed E-state index contributed by atoms with van der Waals surface area (Å²) in [5.74, 6) is -2.41. The summed E-state index contributed by atoms with van der Waals surface area (Å²) in [6.07, 6.45) is 2.87. The fourth-order valence-electron chi connectivity index (χ4n) is 2.88. The molecule has 148 valence electrons. The van der Waals surface area contributed by atoms with E-state index in [1.54, 1.807) is 10.9 Å². The topological polar surface area (TPSA) is 59.3 Å². The second kappa shape index (κ2) is 8.48. The lowest BCUT2D eigenvalue weighted by atomic mass is 10.1. The summed E-state index contributed by atoms with van der Waals surface area (Å²) in [7, 11) is 0. The first-order valence-electron chi connectivity index (χ1n) is 9.11. The molecule has 7 heteroatoms. The second-order valence-corrected chi connectivity index (χ2v) is 6.41. The van der Waals surface area contributed by atoms with Crippen LogP contribution in [0.25, 0.3) is 16.9 Å². The van der Waals surface area contributed by atoms with E-state index in [-0.39, 0.29) is 0 Å². The number of carbonyl (C=O) groups excluding carboxylic acids is 1. The summed E-state index contributed by atoms with van der Waals surface area (Å²) in [4.78, 5) is 12.8. The smallest absolute Gasteiger partial charge is 0.267 e. The first-order valence-corrected chi connectivity index (χ1v) is 9.11. The Labute approximate surface area is 171 Å². The second-order valence-electron chi connectivity index (χ2n) is 6.41. The van der Waals surface area contributed by atoms with Crippen LogP contribution in [0.15, 0.2) is 90.2 Å². The van der Waals surface area contributed by atoms with Gasteiger partial charge in [0.1, 0.15) is 5.69 Å². The molecule has 0 saturated carbocycles. The maximum Gasteiger partial charge on any atom is 0.275 e. The predicted octanol–water partition coefficient (Wildman–Crippen LogP) is 4.58. The van der Waals surface area contributed by atoms with Gasteiger partial charge in [0.25, 0.3) is 5.91 Å². The normalized spacial score (nSPS) is 11.0. The van der Waals surface area contributed by atoms with Gasteiger partial charge in [0, 0.05) is 11.8 Å². The van der Waals surface area contributed by atoms with Gasteiger partial charge in [-0.05, 0) is 29.8 Å². The first-order chi connectivity index (χ1) is 14.6. The van der Waals surface area contributed by atoms with E-state index in [0.29, 0.717) is 16.8 Å². The average Bonchev–Trinajstić information content (AvgIpc) is 3.23. The lowest BCUT2D eigenvalue weighted by molar-refractivity contribution is 0.0955. The molecule has 0 aliphatic heterocycles. The average molecular weight is 402 g/mol. The Morgan fingerprint density at radius 2 is 1.63 bits per heavy atom. The number of para-hydroxylation sites is 1. The Morgan fingerprint density at radius 1 is 0.933 bits per heavy atom. The monoisotopic (exact) mass is 402 g/mol. The number of benzene rings is 3. The zero-order valence-corrected chi connectivity index (χ0v) is 15.7.